The fourth-order valence-corrected chi connectivity index (χ4v) is 4.02. The van der Waals surface area contributed by atoms with Gasteiger partial charge >= 0.3 is 29.6 Å². The Hall–Kier alpha value is 0.0549. The Kier molecular flexibility index (Phi) is 13.3. The maximum absolute atomic E-state index is 11.2. The van der Waals surface area contributed by atoms with Crippen molar-refractivity contribution in [3.63, 3.8) is 0 Å². The second-order valence-electron chi connectivity index (χ2n) is 5.95. The fraction of sp³-hybridized carbons (Fsp3) is 0.350. The number of aryl methyl sites for hydroxylation is 2. The molecule has 2 aliphatic rings. The van der Waals surface area contributed by atoms with Crippen LogP contribution in [-0.2, 0) is 12.8 Å². The Morgan fingerprint density at radius 1 is 1.00 bits per heavy atom. The van der Waals surface area contributed by atoms with Gasteiger partial charge in [-0.2, -0.15) is 0 Å². The molecule has 0 heterocycles. The van der Waals surface area contributed by atoms with Crippen LogP contribution in [0.4, 0.5) is 0 Å². The van der Waals surface area contributed by atoms with Gasteiger partial charge in [0.1, 0.15) is 0 Å². The van der Waals surface area contributed by atoms with Crippen molar-refractivity contribution < 1.29 is 35.8 Å². The number of fused-ring (bicyclic) bond motifs is 2. The van der Waals surface area contributed by atoms with Crippen LogP contribution in [0.3, 0.4) is 0 Å². The quantitative estimate of drug-likeness (QED) is 0.582. The van der Waals surface area contributed by atoms with E-state index in [4.69, 9.17) is 0 Å². The fourth-order valence-electron chi connectivity index (χ4n) is 3.28. The van der Waals surface area contributed by atoms with Gasteiger partial charge in [0, 0.05) is 35.4 Å². The largest absolute Gasteiger partial charge is 1.00 e. The summed E-state index contributed by atoms with van der Waals surface area (Å²) in [5.41, 5.74) is 9.56. The molecule has 4 rings (SSSR count). The van der Waals surface area contributed by atoms with Crippen molar-refractivity contribution >= 4 is 46.1 Å². The number of halogens is 2. The average molecular weight is 503 g/mol. The summed E-state index contributed by atoms with van der Waals surface area (Å²) in [6, 6.07) is 13.0. The van der Waals surface area contributed by atoms with Crippen molar-refractivity contribution in [3.05, 3.63) is 67.6 Å². The molecule has 1 unspecified atom stereocenters. The van der Waals surface area contributed by atoms with Crippen molar-refractivity contribution in [1.29, 1.82) is 0 Å². The van der Waals surface area contributed by atoms with Crippen LogP contribution in [0.25, 0.3) is 0 Å². The van der Waals surface area contributed by atoms with Gasteiger partial charge < -0.3 is 12.5 Å². The second kappa shape index (κ2) is 13.3. The van der Waals surface area contributed by atoms with Crippen LogP contribution in [-0.4, -0.2) is 28.3 Å². The van der Waals surface area contributed by atoms with Gasteiger partial charge in [0.15, 0.2) is 5.78 Å². The van der Waals surface area contributed by atoms with Gasteiger partial charge in [0.2, 0.25) is 0 Å². The van der Waals surface area contributed by atoms with Gasteiger partial charge in [0.25, 0.3) is 0 Å². The van der Waals surface area contributed by atoms with Crippen molar-refractivity contribution in [3.8, 4) is 0 Å². The molecule has 27 heavy (non-hydrogen) atoms. The van der Waals surface area contributed by atoms with Gasteiger partial charge in [0.05, 0.1) is 0 Å². The number of nitrogens with one attached hydrogen (secondary N) is 1. The summed E-state index contributed by atoms with van der Waals surface area (Å²) in [5, 5.41) is 3.33. The average Bonchev–Trinajstić information content (AvgIpc) is 3.20. The third kappa shape index (κ3) is 7.11. The number of carbonyl (C=O) groups is 1. The number of rotatable bonds is 1. The Balaban J connectivity index is 0. The summed E-state index contributed by atoms with van der Waals surface area (Å²) in [6.07, 6.45) is 4.06. The van der Waals surface area contributed by atoms with Gasteiger partial charge in [-0.05, 0) is 74.3 Å². The minimum Gasteiger partial charge on any atom is -1.00 e. The monoisotopic (exact) mass is 501 g/mol. The maximum Gasteiger partial charge on any atom is 1.00 e. The van der Waals surface area contributed by atoms with E-state index in [1.807, 2.05) is 25.2 Å². The summed E-state index contributed by atoms with van der Waals surface area (Å²) >= 11 is 6.83. The Morgan fingerprint density at radius 3 is 2.22 bits per heavy atom. The van der Waals surface area contributed by atoms with Gasteiger partial charge in [-0.1, -0.05) is 44.0 Å². The molecule has 3 N–H and O–H groups in total. The molecule has 0 bridgehead atoms. The molecule has 0 fully saturated rings. The third-order valence-corrected chi connectivity index (χ3v) is 5.51. The molecule has 0 saturated heterocycles. The van der Waals surface area contributed by atoms with Crippen LogP contribution in [0.1, 0.15) is 47.4 Å². The number of carbonyl (C=O) groups excluding carboxylic acids is 1. The van der Waals surface area contributed by atoms with Crippen molar-refractivity contribution in [2.45, 2.75) is 31.7 Å². The maximum atomic E-state index is 11.2. The van der Waals surface area contributed by atoms with E-state index < -0.39 is 0 Å². The van der Waals surface area contributed by atoms with E-state index in [0.29, 0.717) is 12.5 Å². The normalized spacial score (nSPS) is 15.7. The number of hydrogen-bond donors (Lipinski definition) is 2. The van der Waals surface area contributed by atoms with E-state index in [2.05, 4.69) is 61.1 Å². The zero-order valence-corrected chi connectivity index (χ0v) is 21.4. The molecule has 0 amide bonds. The zero-order chi connectivity index (χ0) is 18.4. The Bertz CT molecular complexity index is 765. The topological polar surface area (TPSA) is 55.1 Å². The van der Waals surface area contributed by atoms with E-state index in [-0.39, 0.29) is 45.2 Å². The predicted octanol–water partition coefficient (Wildman–Crippen LogP) is 1.54. The minimum absolute atomic E-state index is 0. The molecule has 2 aliphatic carbocycles. The summed E-state index contributed by atoms with van der Waals surface area (Å²) in [7, 11) is 3.53. The Labute approximate surface area is 204 Å². The van der Waals surface area contributed by atoms with E-state index in [1.54, 1.807) is 0 Å². The zero-order valence-electron chi connectivity index (χ0n) is 17.2. The smallest absolute Gasteiger partial charge is 1.00 e. The second-order valence-corrected chi connectivity index (χ2v) is 7.78. The first-order valence-electron chi connectivity index (χ1n) is 8.43. The SMILES string of the molecule is CN.CNC1CCc2ccc(Br)cc21.O=C1CCc2ccc(Br)cc21.[B].[H-].[Na+]. The van der Waals surface area contributed by atoms with E-state index >= 15 is 0 Å². The minimum atomic E-state index is 0. The third-order valence-electron chi connectivity index (χ3n) is 4.53. The molecule has 0 aromatic heterocycles. The summed E-state index contributed by atoms with van der Waals surface area (Å²) in [4.78, 5) is 11.2. The van der Waals surface area contributed by atoms with Gasteiger partial charge in [-0.25, -0.2) is 0 Å². The number of ketones is 1. The standard InChI is InChI=1S/C10H12BrN.C9H7BrO.CH5N.B.Na.H/c1-12-10-5-3-7-2-4-8(11)6-9(7)10;10-7-3-1-6-2-4-9(11)8(6)5-7;1-2;;;/h2,4,6,10,12H,3,5H2,1H3;1,3,5H,2,4H2;2H2,1H3;;;/q;;;;+1;-1. The molecular formula is C20H25BBr2N2NaO. The molecule has 0 saturated carbocycles. The summed E-state index contributed by atoms with van der Waals surface area (Å²) < 4.78 is 2.18. The molecular weight excluding hydrogens is 478 g/mol. The van der Waals surface area contributed by atoms with Crippen LogP contribution >= 0.6 is 31.9 Å². The molecule has 2 aromatic carbocycles. The number of benzene rings is 2. The first-order valence-corrected chi connectivity index (χ1v) is 10.0. The van der Waals surface area contributed by atoms with E-state index in [1.165, 1.54) is 41.1 Å². The van der Waals surface area contributed by atoms with Crippen LogP contribution in [0.15, 0.2) is 45.3 Å². The van der Waals surface area contributed by atoms with Crippen LogP contribution in [0.2, 0.25) is 0 Å². The molecule has 0 aliphatic heterocycles. The molecule has 7 heteroatoms. The van der Waals surface area contributed by atoms with Gasteiger partial charge in [-0.3, -0.25) is 4.79 Å². The van der Waals surface area contributed by atoms with Crippen LogP contribution in [0, 0.1) is 0 Å². The summed E-state index contributed by atoms with van der Waals surface area (Å²) in [6.45, 7) is 0. The van der Waals surface area contributed by atoms with Crippen molar-refractivity contribution in [2.75, 3.05) is 14.1 Å². The molecule has 3 radical (unpaired) electrons. The van der Waals surface area contributed by atoms with E-state index in [9.17, 15) is 4.79 Å². The number of hydrogen-bond acceptors (Lipinski definition) is 3. The number of nitrogens with two attached hydrogens (primary N) is 1. The van der Waals surface area contributed by atoms with E-state index in [0.717, 1.165) is 16.5 Å². The van der Waals surface area contributed by atoms with Crippen molar-refractivity contribution in [2.24, 2.45) is 5.73 Å². The van der Waals surface area contributed by atoms with Crippen LogP contribution in [0.5, 0.6) is 0 Å². The molecule has 1 atom stereocenters. The van der Waals surface area contributed by atoms with Crippen LogP contribution < -0.4 is 40.6 Å². The first-order chi connectivity index (χ1) is 12.1. The Morgan fingerprint density at radius 2 is 1.59 bits per heavy atom. The molecule has 3 nitrogen and oxygen atoms in total. The number of Topliss-reactive ketones (excluding diaryl/α,β-unsaturated/α-hetero) is 1. The van der Waals surface area contributed by atoms with Crippen molar-refractivity contribution in [1.82, 2.24) is 5.32 Å². The summed E-state index contributed by atoms with van der Waals surface area (Å²) in [5.74, 6) is 0.279. The van der Waals surface area contributed by atoms with Gasteiger partial charge in [-0.15, -0.1) is 0 Å². The first kappa shape index (κ1) is 27.1. The molecule has 0 spiro atoms. The molecule has 2 aromatic rings. The predicted molar refractivity (Wildman–Crippen MR) is 118 cm³/mol. The molecule has 139 valence electrons.